The zero-order chi connectivity index (χ0) is 11.5. The second kappa shape index (κ2) is 4.58. The number of nitrogens with zero attached hydrogens (tertiary/aromatic N) is 2. The van der Waals surface area contributed by atoms with Crippen molar-refractivity contribution in [2.24, 2.45) is 7.05 Å². The van der Waals surface area contributed by atoms with E-state index >= 15 is 0 Å². The Kier molecular flexibility index (Phi) is 3.15. The van der Waals surface area contributed by atoms with Gasteiger partial charge in [-0.15, -0.1) is 0 Å². The third-order valence-electron chi connectivity index (χ3n) is 2.38. The highest BCUT2D eigenvalue weighted by Crippen LogP contribution is 2.18. The highest BCUT2D eigenvalue weighted by Gasteiger charge is 2.01. The third kappa shape index (κ3) is 2.55. The number of hydrogen-bond acceptors (Lipinski definition) is 2. The number of aryl methyl sites for hydroxylation is 2. The van der Waals surface area contributed by atoms with Gasteiger partial charge in [-0.05, 0) is 24.1 Å². The summed E-state index contributed by atoms with van der Waals surface area (Å²) in [7, 11) is 1.89. The zero-order valence-corrected chi connectivity index (χ0v) is 10.1. The quantitative estimate of drug-likeness (QED) is 0.887. The van der Waals surface area contributed by atoms with Crippen molar-refractivity contribution >= 4 is 17.4 Å². The molecule has 2 aromatic rings. The Balaban J connectivity index is 2.04. The van der Waals surface area contributed by atoms with Crippen molar-refractivity contribution in [2.75, 3.05) is 5.32 Å². The van der Waals surface area contributed by atoms with Gasteiger partial charge in [0.25, 0.3) is 0 Å². The van der Waals surface area contributed by atoms with Gasteiger partial charge in [0, 0.05) is 30.9 Å². The summed E-state index contributed by atoms with van der Waals surface area (Å²) < 4.78 is 1.76. The monoisotopic (exact) mass is 235 g/mol. The minimum Gasteiger partial charge on any atom is -0.364 e. The Bertz CT molecular complexity index is 491. The van der Waals surface area contributed by atoms with E-state index in [9.17, 15) is 0 Å². The molecule has 4 heteroatoms. The van der Waals surface area contributed by atoms with E-state index in [0.29, 0.717) is 6.54 Å². The SMILES string of the molecule is Cc1ccc(CNc2ccn(C)n2)c(Cl)c1. The minimum atomic E-state index is 0.691. The van der Waals surface area contributed by atoms with E-state index < -0.39 is 0 Å². The molecule has 1 aromatic carbocycles. The van der Waals surface area contributed by atoms with E-state index in [4.69, 9.17) is 11.6 Å². The summed E-state index contributed by atoms with van der Waals surface area (Å²) in [6.07, 6.45) is 1.90. The lowest BCUT2D eigenvalue weighted by Gasteiger charge is -2.06. The molecule has 0 aliphatic heterocycles. The number of rotatable bonds is 3. The van der Waals surface area contributed by atoms with Crippen LogP contribution in [0.5, 0.6) is 0 Å². The molecule has 0 aliphatic carbocycles. The van der Waals surface area contributed by atoms with Crippen LogP contribution in [0.25, 0.3) is 0 Å². The molecule has 0 atom stereocenters. The smallest absolute Gasteiger partial charge is 0.148 e. The first-order valence-corrected chi connectivity index (χ1v) is 5.51. The molecule has 1 N–H and O–H groups in total. The second-order valence-corrected chi connectivity index (χ2v) is 4.23. The van der Waals surface area contributed by atoms with Gasteiger partial charge in [-0.3, -0.25) is 4.68 Å². The Morgan fingerprint density at radius 2 is 2.19 bits per heavy atom. The van der Waals surface area contributed by atoms with Crippen LogP contribution in [0.4, 0.5) is 5.82 Å². The molecule has 0 saturated heterocycles. The van der Waals surface area contributed by atoms with Gasteiger partial charge in [-0.25, -0.2) is 0 Å². The molecule has 1 aromatic heterocycles. The van der Waals surface area contributed by atoms with Gasteiger partial charge < -0.3 is 5.32 Å². The lowest BCUT2D eigenvalue weighted by atomic mass is 10.1. The van der Waals surface area contributed by atoms with Crippen molar-refractivity contribution in [1.29, 1.82) is 0 Å². The summed E-state index contributed by atoms with van der Waals surface area (Å²) in [6.45, 7) is 2.72. The maximum Gasteiger partial charge on any atom is 0.148 e. The molecule has 0 amide bonds. The number of hydrogen-bond donors (Lipinski definition) is 1. The average Bonchev–Trinajstić information content (AvgIpc) is 2.63. The third-order valence-corrected chi connectivity index (χ3v) is 2.73. The normalized spacial score (nSPS) is 10.4. The van der Waals surface area contributed by atoms with Crippen LogP contribution in [0, 0.1) is 6.92 Å². The van der Waals surface area contributed by atoms with Gasteiger partial charge in [0.05, 0.1) is 0 Å². The molecule has 0 unspecified atom stereocenters. The molecule has 0 saturated carbocycles. The molecule has 0 radical (unpaired) electrons. The van der Waals surface area contributed by atoms with Crippen molar-refractivity contribution in [3.63, 3.8) is 0 Å². The van der Waals surface area contributed by atoms with E-state index in [1.54, 1.807) is 4.68 Å². The molecule has 3 nitrogen and oxygen atoms in total. The van der Waals surface area contributed by atoms with Crippen LogP contribution in [0.2, 0.25) is 5.02 Å². The van der Waals surface area contributed by atoms with Gasteiger partial charge in [0.2, 0.25) is 0 Å². The van der Waals surface area contributed by atoms with E-state index in [1.165, 1.54) is 5.56 Å². The van der Waals surface area contributed by atoms with Crippen LogP contribution >= 0.6 is 11.6 Å². The molecule has 0 spiro atoms. The highest BCUT2D eigenvalue weighted by molar-refractivity contribution is 6.31. The van der Waals surface area contributed by atoms with Crippen molar-refractivity contribution in [3.05, 3.63) is 46.6 Å². The molecule has 0 fully saturated rings. The summed E-state index contributed by atoms with van der Waals surface area (Å²) in [4.78, 5) is 0. The first-order valence-electron chi connectivity index (χ1n) is 5.14. The number of benzene rings is 1. The standard InChI is InChI=1S/C12H14ClN3/c1-9-3-4-10(11(13)7-9)8-14-12-5-6-16(2)15-12/h3-7H,8H2,1-2H3,(H,14,15). The highest BCUT2D eigenvalue weighted by atomic mass is 35.5. The van der Waals surface area contributed by atoms with Crippen LogP contribution < -0.4 is 5.32 Å². The van der Waals surface area contributed by atoms with Gasteiger partial charge in [-0.2, -0.15) is 5.10 Å². The predicted molar refractivity (Wildman–Crippen MR) is 66.7 cm³/mol. The molecule has 0 bridgehead atoms. The molecule has 0 aliphatic rings. The maximum absolute atomic E-state index is 6.14. The fourth-order valence-corrected chi connectivity index (χ4v) is 1.79. The van der Waals surface area contributed by atoms with Crippen molar-refractivity contribution in [2.45, 2.75) is 13.5 Å². The summed E-state index contributed by atoms with van der Waals surface area (Å²) in [6, 6.07) is 7.99. The summed E-state index contributed by atoms with van der Waals surface area (Å²) in [5.41, 5.74) is 2.25. The van der Waals surface area contributed by atoms with Gasteiger partial charge in [0.1, 0.15) is 5.82 Å². The second-order valence-electron chi connectivity index (χ2n) is 3.82. The molecule has 84 valence electrons. The average molecular weight is 236 g/mol. The van der Waals surface area contributed by atoms with Gasteiger partial charge in [0.15, 0.2) is 0 Å². The van der Waals surface area contributed by atoms with Gasteiger partial charge >= 0.3 is 0 Å². The fraction of sp³-hybridized carbons (Fsp3) is 0.250. The van der Waals surface area contributed by atoms with Crippen molar-refractivity contribution < 1.29 is 0 Å². The van der Waals surface area contributed by atoms with E-state index in [2.05, 4.69) is 16.5 Å². The number of anilines is 1. The first kappa shape index (κ1) is 11.0. The molecule has 1 heterocycles. The van der Waals surface area contributed by atoms with Crippen LogP contribution in [-0.4, -0.2) is 9.78 Å². The minimum absolute atomic E-state index is 0.691. The molecule has 16 heavy (non-hydrogen) atoms. The number of nitrogens with one attached hydrogen (secondary N) is 1. The van der Waals surface area contributed by atoms with E-state index in [0.717, 1.165) is 16.4 Å². The first-order chi connectivity index (χ1) is 7.65. The summed E-state index contributed by atoms with van der Waals surface area (Å²) >= 11 is 6.14. The van der Waals surface area contributed by atoms with Crippen LogP contribution in [0.3, 0.4) is 0 Å². The van der Waals surface area contributed by atoms with E-state index in [-0.39, 0.29) is 0 Å². The van der Waals surface area contributed by atoms with Crippen molar-refractivity contribution in [3.8, 4) is 0 Å². The Morgan fingerprint density at radius 1 is 1.38 bits per heavy atom. The predicted octanol–water partition coefficient (Wildman–Crippen LogP) is 2.99. The topological polar surface area (TPSA) is 29.9 Å². The number of aromatic nitrogens is 2. The molecular weight excluding hydrogens is 222 g/mol. The summed E-state index contributed by atoms with van der Waals surface area (Å²) in [5.74, 6) is 0.860. The van der Waals surface area contributed by atoms with Crippen LogP contribution in [0.1, 0.15) is 11.1 Å². The fourth-order valence-electron chi connectivity index (χ4n) is 1.49. The number of halogens is 1. The molecule has 2 rings (SSSR count). The lowest BCUT2D eigenvalue weighted by molar-refractivity contribution is 0.768. The van der Waals surface area contributed by atoms with Crippen molar-refractivity contribution in [1.82, 2.24) is 9.78 Å². The van der Waals surface area contributed by atoms with Gasteiger partial charge in [-0.1, -0.05) is 23.7 Å². The maximum atomic E-state index is 6.14. The van der Waals surface area contributed by atoms with E-state index in [1.807, 2.05) is 38.4 Å². The zero-order valence-electron chi connectivity index (χ0n) is 9.37. The van der Waals surface area contributed by atoms with Crippen LogP contribution in [-0.2, 0) is 13.6 Å². The Labute approximate surface area is 100 Å². The molecular formula is C12H14ClN3. The Morgan fingerprint density at radius 3 is 2.81 bits per heavy atom. The summed E-state index contributed by atoms with van der Waals surface area (Å²) in [5, 5.41) is 8.26. The largest absolute Gasteiger partial charge is 0.364 e. The van der Waals surface area contributed by atoms with Crippen LogP contribution in [0.15, 0.2) is 30.5 Å². The Hall–Kier alpha value is -1.48. The lowest BCUT2D eigenvalue weighted by Crippen LogP contribution is -2.01.